The maximum absolute atomic E-state index is 12.1. The summed E-state index contributed by atoms with van der Waals surface area (Å²) in [6, 6.07) is 13.5. The van der Waals surface area contributed by atoms with E-state index in [0.29, 0.717) is 22.1 Å². The molecule has 0 aliphatic carbocycles. The van der Waals surface area contributed by atoms with Crippen molar-refractivity contribution in [3.05, 3.63) is 64.5 Å². The minimum absolute atomic E-state index is 0.0226. The topological polar surface area (TPSA) is 93.7 Å². The number of benzene rings is 2. The molecule has 0 radical (unpaired) electrons. The number of hydrogen-bond acceptors (Lipinski definition) is 5. The Hall–Kier alpha value is -2.55. The molecule has 0 fully saturated rings. The van der Waals surface area contributed by atoms with Crippen LogP contribution >= 0.6 is 11.6 Å². The van der Waals surface area contributed by atoms with E-state index in [1.54, 1.807) is 48.5 Å². The van der Waals surface area contributed by atoms with Crippen LogP contribution in [0.1, 0.15) is 5.56 Å². The van der Waals surface area contributed by atoms with Crippen LogP contribution in [0.5, 0.6) is 11.5 Å². The van der Waals surface area contributed by atoms with Gasteiger partial charge in [-0.2, -0.15) is 0 Å². The van der Waals surface area contributed by atoms with Crippen LogP contribution in [0.25, 0.3) is 6.08 Å². The second-order valence-electron chi connectivity index (χ2n) is 5.35. The first-order valence-electron chi connectivity index (χ1n) is 7.57. The van der Waals surface area contributed by atoms with E-state index in [4.69, 9.17) is 21.1 Å². The molecule has 7 nitrogen and oxygen atoms in total. The van der Waals surface area contributed by atoms with Crippen LogP contribution < -0.4 is 19.7 Å². The zero-order valence-electron chi connectivity index (χ0n) is 13.4. The predicted molar refractivity (Wildman–Crippen MR) is 97.0 cm³/mol. The molecule has 136 valence electrons. The predicted octanol–water partition coefficient (Wildman–Crippen LogP) is 2.10. The first kappa shape index (κ1) is 18.2. The summed E-state index contributed by atoms with van der Waals surface area (Å²) in [4.78, 5) is 14.1. The van der Waals surface area contributed by atoms with E-state index in [9.17, 15) is 13.2 Å². The highest BCUT2D eigenvalue weighted by Crippen LogP contribution is 2.30. The second-order valence-corrected chi connectivity index (χ2v) is 7.36. The van der Waals surface area contributed by atoms with Gasteiger partial charge in [0.15, 0.2) is 11.5 Å². The van der Waals surface area contributed by atoms with Crippen LogP contribution in [-0.2, 0) is 14.8 Å². The molecule has 1 aliphatic heterocycles. The molecular weight excluding hydrogens is 380 g/mol. The number of fused-ring (bicyclic) bond motifs is 1. The zero-order chi connectivity index (χ0) is 18.6. The molecule has 0 saturated heterocycles. The van der Waals surface area contributed by atoms with E-state index >= 15 is 0 Å². The number of halogens is 1. The van der Waals surface area contributed by atoms with Gasteiger partial charge in [-0.05, 0) is 35.9 Å². The van der Waals surface area contributed by atoms with Crippen molar-refractivity contribution in [1.29, 1.82) is 0 Å². The molecule has 1 aliphatic rings. The van der Waals surface area contributed by atoms with Gasteiger partial charge in [0, 0.05) is 10.4 Å². The van der Waals surface area contributed by atoms with Gasteiger partial charge in [0.25, 0.3) is 15.9 Å². The highest BCUT2D eigenvalue weighted by Gasteiger charge is 2.27. The summed E-state index contributed by atoms with van der Waals surface area (Å²) in [7, 11) is -3.88. The Morgan fingerprint density at radius 2 is 1.81 bits per heavy atom. The Bertz CT molecular complexity index is 928. The molecule has 2 aromatic rings. The Morgan fingerprint density at radius 1 is 1.12 bits per heavy atom. The van der Waals surface area contributed by atoms with Crippen LogP contribution in [-0.4, -0.2) is 27.0 Å². The summed E-state index contributed by atoms with van der Waals surface area (Å²) in [5.74, 6) is 0.287. The minimum Gasteiger partial charge on any atom is -0.485 e. The molecule has 0 saturated carbocycles. The molecule has 9 heteroatoms. The van der Waals surface area contributed by atoms with E-state index < -0.39 is 22.0 Å². The number of carbonyl (C=O) groups is 1. The lowest BCUT2D eigenvalue weighted by atomic mass is 10.2. The second kappa shape index (κ2) is 7.77. The fraction of sp³-hybridized carbons (Fsp3) is 0.118. The summed E-state index contributed by atoms with van der Waals surface area (Å²) < 4.78 is 34.8. The Kier molecular flexibility index (Phi) is 5.46. The minimum atomic E-state index is -3.88. The van der Waals surface area contributed by atoms with Gasteiger partial charge in [0.1, 0.15) is 6.61 Å². The zero-order valence-corrected chi connectivity index (χ0v) is 15.0. The molecule has 0 aromatic heterocycles. The van der Waals surface area contributed by atoms with E-state index in [1.165, 1.54) is 6.08 Å². The van der Waals surface area contributed by atoms with Crippen LogP contribution in [0.15, 0.2) is 53.9 Å². The molecule has 1 heterocycles. The van der Waals surface area contributed by atoms with E-state index in [1.807, 2.05) is 4.83 Å². The Labute approximate surface area is 155 Å². The van der Waals surface area contributed by atoms with Crippen molar-refractivity contribution in [1.82, 2.24) is 10.3 Å². The number of sulfonamides is 1. The van der Waals surface area contributed by atoms with Gasteiger partial charge in [0.05, 0.1) is 0 Å². The fourth-order valence-electron chi connectivity index (χ4n) is 2.13. The first-order valence-corrected chi connectivity index (χ1v) is 9.49. The smallest absolute Gasteiger partial charge is 0.279 e. The van der Waals surface area contributed by atoms with Gasteiger partial charge in [-0.3, -0.25) is 10.2 Å². The molecule has 26 heavy (non-hydrogen) atoms. The van der Waals surface area contributed by atoms with Gasteiger partial charge in [0.2, 0.25) is 6.10 Å². The molecule has 1 atom stereocenters. The fourth-order valence-corrected chi connectivity index (χ4v) is 2.90. The third-order valence-electron chi connectivity index (χ3n) is 3.43. The highest BCUT2D eigenvalue weighted by molar-refractivity contribution is 7.92. The van der Waals surface area contributed by atoms with Gasteiger partial charge in [-0.15, -0.1) is 4.83 Å². The molecule has 0 spiro atoms. The van der Waals surface area contributed by atoms with Crippen LogP contribution in [0.4, 0.5) is 0 Å². The monoisotopic (exact) mass is 394 g/mol. The lowest BCUT2D eigenvalue weighted by Crippen LogP contribution is -2.50. The van der Waals surface area contributed by atoms with E-state index in [0.717, 1.165) is 5.41 Å². The van der Waals surface area contributed by atoms with Crippen molar-refractivity contribution < 1.29 is 22.7 Å². The first-order chi connectivity index (χ1) is 12.4. The number of para-hydroxylation sites is 2. The van der Waals surface area contributed by atoms with Crippen molar-refractivity contribution in [2.45, 2.75) is 6.10 Å². The Morgan fingerprint density at radius 3 is 2.54 bits per heavy atom. The number of ether oxygens (including phenoxy) is 2. The number of hydrazine groups is 1. The third-order valence-corrected chi connectivity index (χ3v) is 4.56. The average Bonchev–Trinajstić information content (AvgIpc) is 2.65. The van der Waals surface area contributed by atoms with Gasteiger partial charge >= 0.3 is 0 Å². The highest BCUT2D eigenvalue weighted by atomic mass is 35.5. The average molecular weight is 395 g/mol. The summed E-state index contributed by atoms with van der Waals surface area (Å²) in [5.41, 5.74) is 2.76. The number of rotatable bonds is 5. The standard InChI is InChI=1S/C17H15ClN2O5S/c18-13-7-5-12(6-8-13)9-10-26(22,23)20-19-17(21)16-11-24-14-3-1-2-4-15(14)25-16/h1-10,16,20H,11H2,(H,19,21). The molecule has 1 unspecified atom stereocenters. The van der Waals surface area contributed by atoms with Crippen LogP contribution in [0.3, 0.4) is 0 Å². The number of carbonyl (C=O) groups excluding carboxylic acids is 1. The maximum atomic E-state index is 12.1. The molecular formula is C17H15ClN2O5S. The van der Waals surface area contributed by atoms with Gasteiger partial charge in [-0.25, -0.2) is 8.42 Å². The molecule has 2 aromatic carbocycles. The van der Waals surface area contributed by atoms with Crippen molar-refractivity contribution in [2.75, 3.05) is 6.61 Å². The number of nitrogens with one attached hydrogen (secondary N) is 2. The van der Waals surface area contributed by atoms with Crippen molar-refractivity contribution >= 4 is 33.6 Å². The van der Waals surface area contributed by atoms with E-state index in [2.05, 4.69) is 5.43 Å². The lowest BCUT2D eigenvalue weighted by Gasteiger charge is -2.25. The number of amides is 1. The van der Waals surface area contributed by atoms with E-state index in [-0.39, 0.29) is 6.61 Å². The number of hydrogen-bond donors (Lipinski definition) is 2. The summed E-state index contributed by atoms with van der Waals surface area (Å²) in [6.45, 7) is -0.0226. The van der Waals surface area contributed by atoms with Crippen LogP contribution in [0, 0.1) is 0 Å². The molecule has 1 amide bonds. The van der Waals surface area contributed by atoms with Crippen molar-refractivity contribution in [3.63, 3.8) is 0 Å². The summed E-state index contributed by atoms with van der Waals surface area (Å²) >= 11 is 5.77. The molecule has 3 rings (SSSR count). The normalized spacial score (nSPS) is 16.4. The van der Waals surface area contributed by atoms with Gasteiger partial charge in [-0.1, -0.05) is 35.9 Å². The quantitative estimate of drug-likeness (QED) is 0.757. The van der Waals surface area contributed by atoms with Crippen LogP contribution in [0.2, 0.25) is 5.02 Å². The summed E-state index contributed by atoms with van der Waals surface area (Å²) in [6.07, 6.45) is 0.411. The van der Waals surface area contributed by atoms with Crippen molar-refractivity contribution in [2.24, 2.45) is 0 Å². The lowest BCUT2D eigenvalue weighted by molar-refractivity contribution is -0.130. The van der Waals surface area contributed by atoms with Gasteiger partial charge < -0.3 is 9.47 Å². The Balaban J connectivity index is 1.56. The van der Waals surface area contributed by atoms with Crippen molar-refractivity contribution in [3.8, 4) is 11.5 Å². The maximum Gasteiger partial charge on any atom is 0.279 e. The SMILES string of the molecule is O=C(NNS(=O)(=O)C=Cc1ccc(Cl)cc1)C1COc2ccccc2O1. The summed E-state index contributed by atoms with van der Waals surface area (Å²) in [5, 5.41) is 1.48. The largest absolute Gasteiger partial charge is 0.485 e. The third kappa shape index (κ3) is 4.75. The molecule has 2 N–H and O–H groups in total. The molecule has 0 bridgehead atoms.